The van der Waals surface area contributed by atoms with Crippen LogP contribution in [0.2, 0.25) is 0 Å². The Morgan fingerprint density at radius 3 is 1.94 bits per heavy atom. The largest absolute Gasteiger partial charge is 0.508 e. The molecule has 0 radical (unpaired) electrons. The Balaban J connectivity index is 1.54. The predicted molar refractivity (Wildman–Crippen MR) is 172 cm³/mol. The van der Waals surface area contributed by atoms with Crippen molar-refractivity contribution < 1.29 is 53.3 Å². The van der Waals surface area contributed by atoms with Crippen molar-refractivity contribution in [2.45, 2.75) is 19.1 Å². The maximum absolute atomic E-state index is 12.9. The van der Waals surface area contributed by atoms with E-state index in [9.17, 15) is 24.9 Å². The number of rotatable bonds is 15. The van der Waals surface area contributed by atoms with E-state index in [-0.39, 0.29) is 48.4 Å². The maximum atomic E-state index is 12.9. The van der Waals surface area contributed by atoms with Gasteiger partial charge in [0.25, 0.3) is 0 Å². The summed E-state index contributed by atoms with van der Waals surface area (Å²) in [6.07, 6.45) is 1.76. The lowest BCUT2D eigenvalue weighted by molar-refractivity contribution is -0.0508. The van der Waals surface area contributed by atoms with Crippen molar-refractivity contribution in [1.29, 1.82) is 0 Å². The number of phenols is 3. The first-order valence-electron chi connectivity index (χ1n) is 14.6. The molecular formula is C36H36O11. The lowest BCUT2D eigenvalue weighted by Gasteiger charge is -2.29. The first-order chi connectivity index (χ1) is 22.7. The summed E-state index contributed by atoms with van der Waals surface area (Å²) in [7, 11) is 2.92. The van der Waals surface area contributed by atoms with E-state index in [1.165, 1.54) is 68.8 Å². The zero-order valence-electron chi connectivity index (χ0n) is 26.1. The van der Waals surface area contributed by atoms with Crippen LogP contribution < -0.4 is 14.2 Å². The lowest BCUT2D eigenvalue weighted by Crippen LogP contribution is -2.33. The van der Waals surface area contributed by atoms with Gasteiger partial charge in [-0.2, -0.15) is 0 Å². The molecule has 4 rings (SSSR count). The number of ether oxygens (including phenoxy) is 6. The highest BCUT2D eigenvalue weighted by Gasteiger charge is 2.30. The fourth-order valence-corrected chi connectivity index (χ4v) is 4.53. The Kier molecular flexibility index (Phi) is 12.1. The van der Waals surface area contributed by atoms with E-state index in [0.29, 0.717) is 22.6 Å². The summed E-state index contributed by atoms with van der Waals surface area (Å²) < 4.78 is 34.3. The summed E-state index contributed by atoms with van der Waals surface area (Å²) in [6, 6.07) is 21.4. The van der Waals surface area contributed by atoms with Gasteiger partial charge in [0, 0.05) is 6.61 Å². The summed E-state index contributed by atoms with van der Waals surface area (Å²) in [6.45, 7) is 1.89. The Morgan fingerprint density at radius 2 is 1.34 bits per heavy atom. The second-order valence-corrected chi connectivity index (χ2v) is 10.1. The van der Waals surface area contributed by atoms with Gasteiger partial charge in [-0.05, 0) is 96.9 Å². The number of phenolic OH excluding ortho intramolecular Hbond substituents is 3. The molecule has 0 unspecified atom stereocenters. The Morgan fingerprint density at radius 1 is 0.723 bits per heavy atom. The van der Waals surface area contributed by atoms with Crippen LogP contribution in [0.25, 0.3) is 6.08 Å². The van der Waals surface area contributed by atoms with Crippen LogP contribution >= 0.6 is 0 Å². The van der Waals surface area contributed by atoms with Crippen LogP contribution in [0.4, 0.5) is 0 Å². The van der Waals surface area contributed by atoms with Crippen molar-refractivity contribution in [2.75, 3.05) is 34.0 Å². The molecule has 4 aromatic carbocycles. The first kappa shape index (κ1) is 34.2. The molecule has 3 N–H and O–H groups in total. The van der Waals surface area contributed by atoms with Gasteiger partial charge in [-0.3, -0.25) is 0 Å². The molecule has 0 bridgehead atoms. The van der Waals surface area contributed by atoms with Crippen LogP contribution in [0.5, 0.6) is 34.5 Å². The fourth-order valence-electron chi connectivity index (χ4n) is 4.53. The number of benzene rings is 4. The van der Waals surface area contributed by atoms with Crippen LogP contribution in [0.3, 0.4) is 0 Å². The van der Waals surface area contributed by atoms with Gasteiger partial charge in [-0.1, -0.05) is 18.2 Å². The Bertz CT molecular complexity index is 1660. The van der Waals surface area contributed by atoms with Crippen LogP contribution in [0.15, 0.2) is 91.0 Å². The van der Waals surface area contributed by atoms with Gasteiger partial charge in [-0.25, -0.2) is 9.59 Å². The molecule has 0 fully saturated rings. The van der Waals surface area contributed by atoms with Crippen LogP contribution in [-0.2, 0) is 14.2 Å². The molecule has 0 aliphatic rings. The third-order valence-corrected chi connectivity index (χ3v) is 6.89. The van der Waals surface area contributed by atoms with Gasteiger partial charge in [0.2, 0.25) is 0 Å². The molecule has 0 saturated heterocycles. The van der Waals surface area contributed by atoms with Gasteiger partial charge in [0.1, 0.15) is 30.8 Å². The normalized spacial score (nSPS) is 12.2. The van der Waals surface area contributed by atoms with Crippen molar-refractivity contribution in [3.8, 4) is 34.5 Å². The van der Waals surface area contributed by atoms with Crippen LogP contribution in [0.1, 0.15) is 44.9 Å². The summed E-state index contributed by atoms with van der Waals surface area (Å²) >= 11 is 0. The van der Waals surface area contributed by atoms with Crippen LogP contribution in [-0.4, -0.2) is 67.4 Å². The summed E-state index contributed by atoms with van der Waals surface area (Å²) in [5, 5.41) is 29.1. The van der Waals surface area contributed by atoms with Gasteiger partial charge in [0.15, 0.2) is 29.1 Å². The molecule has 0 aromatic heterocycles. The molecule has 0 aliphatic heterocycles. The monoisotopic (exact) mass is 644 g/mol. The minimum atomic E-state index is -0.889. The molecule has 11 nitrogen and oxygen atoms in total. The molecular weight excluding hydrogens is 608 g/mol. The Hall–Kier alpha value is -5.68. The van der Waals surface area contributed by atoms with E-state index < -0.39 is 24.1 Å². The molecule has 0 heterocycles. The average molecular weight is 645 g/mol. The third kappa shape index (κ3) is 9.41. The quantitative estimate of drug-likeness (QED) is 0.129. The highest BCUT2D eigenvalue weighted by atomic mass is 16.6. The van der Waals surface area contributed by atoms with E-state index in [1.807, 2.05) is 6.92 Å². The second-order valence-electron chi connectivity index (χ2n) is 10.1. The molecule has 4 aromatic rings. The van der Waals surface area contributed by atoms with Crippen molar-refractivity contribution in [2.24, 2.45) is 0 Å². The van der Waals surface area contributed by atoms with Gasteiger partial charge in [-0.15, -0.1) is 0 Å². The number of esters is 2. The summed E-state index contributed by atoms with van der Waals surface area (Å²) in [4.78, 5) is 25.1. The SMILES string of the molecule is CCO[C@H](c1ccc(O)c(OC)c1)[C@@H](COC(=O)c1ccc(O)cc1)Oc1ccc(C=CCOC(=O)c2ccc(O)cc2)cc1OC. The summed E-state index contributed by atoms with van der Waals surface area (Å²) in [5.41, 5.74) is 1.89. The maximum Gasteiger partial charge on any atom is 0.338 e. The van der Waals surface area contributed by atoms with E-state index in [2.05, 4.69) is 0 Å². The lowest BCUT2D eigenvalue weighted by atomic mass is 10.0. The minimum Gasteiger partial charge on any atom is -0.508 e. The molecule has 0 amide bonds. The highest BCUT2D eigenvalue weighted by Crippen LogP contribution is 2.36. The van der Waals surface area contributed by atoms with E-state index >= 15 is 0 Å². The van der Waals surface area contributed by atoms with E-state index in [0.717, 1.165) is 5.56 Å². The molecule has 2 atom stereocenters. The average Bonchev–Trinajstić information content (AvgIpc) is 3.08. The first-order valence-corrected chi connectivity index (χ1v) is 14.6. The van der Waals surface area contributed by atoms with E-state index in [1.54, 1.807) is 42.5 Å². The van der Waals surface area contributed by atoms with Crippen molar-refractivity contribution in [1.82, 2.24) is 0 Å². The molecule has 246 valence electrons. The number of carbonyl (C=O) groups is 2. The van der Waals surface area contributed by atoms with Crippen molar-refractivity contribution >= 4 is 18.0 Å². The van der Waals surface area contributed by atoms with E-state index in [4.69, 9.17) is 28.4 Å². The van der Waals surface area contributed by atoms with Gasteiger partial charge >= 0.3 is 11.9 Å². The smallest absolute Gasteiger partial charge is 0.338 e. The summed E-state index contributed by atoms with van der Waals surface area (Å²) in [5.74, 6) is -0.193. The number of hydrogen-bond acceptors (Lipinski definition) is 11. The Labute approximate surface area is 272 Å². The minimum absolute atomic E-state index is 0.0147. The third-order valence-electron chi connectivity index (χ3n) is 6.89. The standard InChI is InChI=1S/C36H36O11/c1-4-44-34(26-12-17-29(39)31(21-26)42-2)33(22-46-36(41)25-10-15-28(38)16-11-25)47-30-18-7-23(20-32(30)43-3)6-5-19-45-35(40)24-8-13-27(37)14-9-24/h5-18,20-21,33-34,37-39H,4,19,22H2,1-3H3/t33-,34-/m1/s1. The zero-order valence-corrected chi connectivity index (χ0v) is 26.1. The number of carbonyl (C=O) groups excluding carboxylic acids is 2. The fraction of sp³-hybridized carbons (Fsp3) is 0.222. The van der Waals surface area contributed by atoms with Gasteiger partial charge in [0.05, 0.1) is 25.3 Å². The van der Waals surface area contributed by atoms with Gasteiger partial charge < -0.3 is 43.7 Å². The van der Waals surface area contributed by atoms with Crippen molar-refractivity contribution in [3.63, 3.8) is 0 Å². The molecule has 0 aliphatic carbocycles. The predicted octanol–water partition coefficient (Wildman–Crippen LogP) is 6.07. The van der Waals surface area contributed by atoms with Crippen molar-refractivity contribution in [3.05, 3.63) is 113 Å². The molecule has 0 saturated carbocycles. The number of methoxy groups -OCH3 is 2. The van der Waals surface area contributed by atoms with Crippen LogP contribution in [0, 0.1) is 0 Å². The topological polar surface area (TPSA) is 150 Å². The highest BCUT2D eigenvalue weighted by molar-refractivity contribution is 5.90. The number of hydrogen-bond donors (Lipinski definition) is 3. The second kappa shape index (κ2) is 16.6. The molecule has 0 spiro atoms. The molecule has 47 heavy (non-hydrogen) atoms. The number of aromatic hydroxyl groups is 3. The zero-order chi connectivity index (χ0) is 33.8. The molecule has 11 heteroatoms.